The molecule has 1 aromatic carbocycles. The Bertz CT molecular complexity index is 347. The molecule has 0 aromatic heterocycles. The lowest BCUT2D eigenvalue weighted by Gasteiger charge is -2.20. The molecule has 1 nitrogen and oxygen atoms in total. The summed E-state index contributed by atoms with van der Waals surface area (Å²) >= 11 is 1.91. The van der Waals surface area contributed by atoms with Crippen molar-refractivity contribution in [2.45, 2.75) is 31.1 Å². The summed E-state index contributed by atoms with van der Waals surface area (Å²) in [7, 11) is 0. The maximum atomic E-state index is 13.1. The summed E-state index contributed by atoms with van der Waals surface area (Å²) in [6.45, 7) is 1.99. The Morgan fingerprint density at radius 2 is 2.33 bits per heavy atom. The second kappa shape index (κ2) is 4.54. The molecule has 82 valence electrons. The van der Waals surface area contributed by atoms with E-state index in [0.717, 1.165) is 17.5 Å². The third-order valence-electron chi connectivity index (χ3n) is 2.97. The first kappa shape index (κ1) is 11.0. The van der Waals surface area contributed by atoms with Crippen molar-refractivity contribution in [3.63, 3.8) is 0 Å². The van der Waals surface area contributed by atoms with Gasteiger partial charge in [-0.05, 0) is 48.8 Å². The summed E-state index contributed by atoms with van der Waals surface area (Å²) in [6, 6.07) is 4.87. The average molecular weight is 225 g/mol. The lowest BCUT2D eigenvalue weighted by molar-refractivity contribution is 0.606. The number of thioether (sulfide) groups is 1. The average Bonchev–Trinajstić information content (AvgIpc) is 2.74. The molecule has 0 aliphatic carbocycles. The first-order chi connectivity index (χ1) is 7.18. The van der Waals surface area contributed by atoms with Crippen molar-refractivity contribution in [2.24, 2.45) is 5.73 Å². The van der Waals surface area contributed by atoms with Crippen LogP contribution >= 0.6 is 11.8 Å². The normalized spacial score (nSPS) is 23.0. The van der Waals surface area contributed by atoms with Gasteiger partial charge in [-0.1, -0.05) is 6.07 Å². The predicted molar refractivity (Wildman–Crippen MR) is 63.5 cm³/mol. The molecule has 2 N–H and O–H groups in total. The third-order valence-corrected chi connectivity index (χ3v) is 4.45. The molecule has 0 bridgehead atoms. The van der Waals surface area contributed by atoms with Crippen LogP contribution in [0.25, 0.3) is 0 Å². The highest BCUT2D eigenvalue weighted by Gasteiger charge is 2.25. The van der Waals surface area contributed by atoms with Crippen LogP contribution in [0, 0.1) is 12.7 Å². The zero-order chi connectivity index (χ0) is 10.8. The molecular formula is C12H16FNS. The molecule has 0 spiro atoms. The van der Waals surface area contributed by atoms with E-state index in [1.807, 2.05) is 24.8 Å². The van der Waals surface area contributed by atoms with Crippen molar-refractivity contribution < 1.29 is 4.39 Å². The van der Waals surface area contributed by atoms with Gasteiger partial charge in [0.05, 0.1) is 0 Å². The largest absolute Gasteiger partial charge is 0.323 e. The van der Waals surface area contributed by atoms with Crippen LogP contribution < -0.4 is 5.73 Å². The highest BCUT2D eigenvalue weighted by Crippen LogP contribution is 2.35. The zero-order valence-corrected chi connectivity index (χ0v) is 9.69. The Labute approximate surface area is 94.2 Å². The number of rotatable bonds is 2. The first-order valence-electron chi connectivity index (χ1n) is 5.31. The molecule has 0 saturated carbocycles. The number of aryl methyl sites for hydroxylation is 1. The van der Waals surface area contributed by atoms with E-state index in [2.05, 4.69) is 0 Å². The summed E-state index contributed by atoms with van der Waals surface area (Å²) in [5, 5.41) is 0.463. The molecule has 1 heterocycles. The number of nitrogens with two attached hydrogens (primary N) is 1. The van der Waals surface area contributed by atoms with Gasteiger partial charge in [0.2, 0.25) is 0 Å². The minimum Gasteiger partial charge on any atom is -0.323 e. The second-order valence-electron chi connectivity index (χ2n) is 4.08. The van der Waals surface area contributed by atoms with Crippen molar-refractivity contribution in [1.29, 1.82) is 0 Å². The first-order valence-corrected chi connectivity index (χ1v) is 6.36. The van der Waals surface area contributed by atoms with E-state index in [1.165, 1.54) is 18.2 Å². The van der Waals surface area contributed by atoms with Crippen molar-refractivity contribution >= 4 is 11.8 Å². The minimum absolute atomic E-state index is 0.0202. The summed E-state index contributed by atoms with van der Waals surface area (Å²) in [4.78, 5) is 0. The molecule has 1 fully saturated rings. The monoisotopic (exact) mass is 225 g/mol. The lowest BCUT2D eigenvalue weighted by atomic mass is 9.97. The summed E-state index contributed by atoms with van der Waals surface area (Å²) in [6.07, 6.45) is 2.39. The minimum atomic E-state index is -0.186. The van der Waals surface area contributed by atoms with Gasteiger partial charge in [0, 0.05) is 11.3 Å². The fraction of sp³-hybridized carbons (Fsp3) is 0.500. The van der Waals surface area contributed by atoms with Crippen LogP contribution in [-0.2, 0) is 0 Å². The standard InChI is InChI=1S/C12H16FNS/c1-8-4-5-9(13)7-10(8)12(14)11-3-2-6-15-11/h4-5,7,11-12H,2-3,6,14H2,1H3. The molecule has 2 unspecified atom stereocenters. The SMILES string of the molecule is Cc1ccc(F)cc1C(N)C1CCCS1. The molecular weight excluding hydrogens is 209 g/mol. The molecule has 2 atom stereocenters. The van der Waals surface area contributed by atoms with Gasteiger partial charge in [-0.3, -0.25) is 0 Å². The van der Waals surface area contributed by atoms with Crippen molar-refractivity contribution in [1.82, 2.24) is 0 Å². The summed E-state index contributed by atoms with van der Waals surface area (Å²) < 4.78 is 13.1. The number of hydrogen-bond acceptors (Lipinski definition) is 2. The lowest BCUT2D eigenvalue weighted by Crippen LogP contribution is -2.22. The Morgan fingerprint density at radius 3 is 3.00 bits per heavy atom. The molecule has 15 heavy (non-hydrogen) atoms. The van der Waals surface area contributed by atoms with Gasteiger partial charge in [0.25, 0.3) is 0 Å². The van der Waals surface area contributed by atoms with Gasteiger partial charge < -0.3 is 5.73 Å². The van der Waals surface area contributed by atoms with Crippen molar-refractivity contribution in [3.8, 4) is 0 Å². The zero-order valence-electron chi connectivity index (χ0n) is 8.87. The summed E-state index contributed by atoms with van der Waals surface area (Å²) in [5.41, 5.74) is 8.24. The smallest absolute Gasteiger partial charge is 0.123 e. The highest BCUT2D eigenvalue weighted by molar-refractivity contribution is 8.00. The van der Waals surface area contributed by atoms with Gasteiger partial charge in [-0.2, -0.15) is 11.8 Å². The van der Waals surface area contributed by atoms with E-state index < -0.39 is 0 Å². The molecule has 3 heteroatoms. The molecule has 1 aliphatic rings. The topological polar surface area (TPSA) is 26.0 Å². The molecule has 1 aromatic rings. The molecule has 0 radical (unpaired) electrons. The molecule has 2 rings (SSSR count). The van der Waals surface area contributed by atoms with Crippen LogP contribution in [0.1, 0.15) is 30.0 Å². The van der Waals surface area contributed by atoms with Gasteiger partial charge in [-0.15, -0.1) is 0 Å². The number of benzene rings is 1. The maximum Gasteiger partial charge on any atom is 0.123 e. The highest BCUT2D eigenvalue weighted by atomic mass is 32.2. The fourth-order valence-electron chi connectivity index (χ4n) is 2.06. The number of hydrogen-bond donors (Lipinski definition) is 1. The van der Waals surface area contributed by atoms with Crippen LogP contribution in [0.5, 0.6) is 0 Å². The Morgan fingerprint density at radius 1 is 1.53 bits per heavy atom. The van der Waals surface area contributed by atoms with Crippen LogP contribution in [0.15, 0.2) is 18.2 Å². The van der Waals surface area contributed by atoms with E-state index in [0.29, 0.717) is 5.25 Å². The fourth-order valence-corrected chi connectivity index (χ4v) is 3.38. The van der Waals surface area contributed by atoms with Gasteiger partial charge in [-0.25, -0.2) is 4.39 Å². The molecule has 0 amide bonds. The van der Waals surface area contributed by atoms with E-state index in [1.54, 1.807) is 6.07 Å². The Balaban J connectivity index is 2.23. The van der Waals surface area contributed by atoms with Crippen molar-refractivity contribution in [3.05, 3.63) is 35.1 Å². The van der Waals surface area contributed by atoms with E-state index in [9.17, 15) is 4.39 Å². The second-order valence-corrected chi connectivity index (χ2v) is 5.43. The van der Waals surface area contributed by atoms with E-state index in [4.69, 9.17) is 5.73 Å². The van der Waals surface area contributed by atoms with Gasteiger partial charge >= 0.3 is 0 Å². The van der Waals surface area contributed by atoms with Crippen LogP contribution in [-0.4, -0.2) is 11.0 Å². The van der Waals surface area contributed by atoms with E-state index in [-0.39, 0.29) is 11.9 Å². The number of halogens is 1. The maximum absolute atomic E-state index is 13.1. The van der Waals surface area contributed by atoms with Crippen LogP contribution in [0.3, 0.4) is 0 Å². The van der Waals surface area contributed by atoms with Crippen molar-refractivity contribution in [2.75, 3.05) is 5.75 Å². The van der Waals surface area contributed by atoms with Crippen LogP contribution in [0.2, 0.25) is 0 Å². The van der Waals surface area contributed by atoms with Gasteiger partial charge in [0.1, 0.15) is 5.82 Å². The predicted octanol–water partition coefficient (Wildman–Crippen LogP) is 3.03. The molecule has 1 saturated heterocycles. The molecule has 1 aliphatic heterocycles. The summed E-state index contributed by atoms with van der Waals surface area (Å²) in [5.74, 6) is 1.00. The quantitative estimate of drug-likeness (QED) is 0.837. The van der Waals surface area contributed by atoms with Crippen LogP contribution in [0.4, 0.5) is 4.39 Å². The Kier molecular flexibility index (Phi) is 3.32. The van der Waals surface area contributed by atoms with E-state index >= 15 is 0 Å². The third kappa shape index (κ3) is 2.34. The Hall–Kier alpha value is -0.540. The van der Waals surface area contributed by atoms with Gasteiger partial charge in [0.15, 0.2) is 0 Å².